The van der Waals surface area contributed by atoms with Crippen molar-refractivity contribution in [3.05, 3.63) is 0 Å². The lowest BCUT2D eigenvalue weighted by Gasteiger charge is -2.43. The van der Waals surface area contributed by atoms with E-state index in [1.165, 1.54) is 20.0 Å². The Hall–Kier alpha value is -0.650. The van der Waals surface area contributed by atoms with Crippen LogP contribution >= 0.6 is 0 Å². The molecule has 5 heteroatoms. The Bertz CT molecular complexity index is 386. The molecule has 0 radical (unpaired) electrons. The summed E-state index contributed by atoms with van der Waals surface area (Å²) in [5, 5.41) is 3.48. The predicted octanol–water partition coefficient (Wildman–Crippen LogP) is 1.17. The first-order valence-electron chi connectivity index (χ1n) is 8.40. The molecule has 120 valence electrons. The Morgan fingerprint density at radius 1 is 1.38 bits per heavy atom. The molecule has 21 heavy (non-hydrogen) atoms. The molecule has 0 aromatic heterocycles. The molecular weight excluding hydrogens is 268 g/mol. The largest absolute Gasteiger partial charge is 0.468 e. The molecule has 1 N–H and O–H groups in total. The van der Waals surface area contributed by atoms with Gasteiger partial charge in [-0.1, -0.05) is 6.92 Å². The van der Waals surface area contributed by atoms with Gasteiger partial charge in [-0.05, 0) is 44.6 Å². The fourth-order valence-corrected chi connectivity index (χ4v) is 4.23. The molecule has 0 aromatic rings. The topological polar surface area (TPSA) is 50.8 Å². The number of carbonyl (C=O) groups excluding carboxylic acids is 1. The highest BCUT2D eigenvalue weighted by molar-refractivity contribution is 5.82. The maximum atomic E-state index is 12.5. The van der Waals surface area contributed by atoms with Crippen LogP contribution in [0.2, 0.25) is 0 Å². The molecular formula is C16H28N2O3. The summed E-state index contributed by atoms with van der Waals surface area (Å²) in [7, 11) is 1.51. The second kappa shape index (κ2) is 6.23. The first-order valence-corrected chi connectivity index (χ1v) is 8.40. The van der Waals surface area contributed by atoms with Crippen LogP contribution in [-0.2, 0) is 14.3 Å². The summed E-state index contributed by atoms with van der Waals surface area (Å²) < 4.78 is 11.1. The van der Waals surface area contributed by atoms with Crippen LogP contribution < -0.4 is 5.32 Å². The van der Waals surface area contributed by atoms with Crippen LogP contribution in [0.15, 0.2) is 0 Å². The van der Waals surface area contributed by atoms with Crippen molar-refractivity contribution in [1.82, 2.24) is 10.2 Å². The van der Waals surface area contributed by atoms with E-state index < -0.39 is 5.54 Å². The summed E-state index contributed by atoms with van der Waals surface area (Å²) in [5.41, 5.74) is -0.520. The number of hydrogen-bond acceptors (Lipinski definition) is 5. The van der Waals surface area contributed by atoms with Crippen LogP contribution in [-0.4, -0.2) is 61.9 Å². The fraction of sp³-hybridized carbons (Fsp3) is 0.938. The molecule has 0 spiro atoms. The van der Waals surface area contributed by atoms with Crippen molar-refractivity contribution < 1.29 is 14.3 Å². The standard InChI is InChI=1S/C16H28N2O3/c1-3-17-16(12-7-8-12,15(19)20-2)11-18-9-10-21-14-6-4-5-13(14)18/h12-14,17H,3-11H2,1-2H3. The Morgan fingerprint density at radius 2 is 2.19 bits per heavy atom. The minimum absolute atomic E-state index is 0.0899. The van der Waals surface area contributed by atoms with Gasteiger partial charge < -0.3 is 14.8 Å². The lowest BCUT2D eigenvalue weighted by Crippen LogP contribution is -2.64. The quantitative estimate of drug-likeness (QED) is 0.746. The van der Waals surface area contributed by atoms with E-state index in [0.29, 0.717) is 18.1 Å². The highest BCUT2D eigenvalue weighted by Crippen LogP contribution is 2.42. The molecule has 1 heterocycles. The number of hydrogen-bond donors (Lipinski definition) is 1. The van der Waals surface area contributed by atoms with E-state index in [2.05, 4.69) is 17.1 Å². The molecule has 2 saturated carbocycles. The number of nitrogens with zero attached hydrogens (tertiary/aromatic N) is 1. The third kappa shape index (κ3) is 2.83. The summed E-state index contributed by atoms with van der Waals surface area (Å²) >= 11 is 0. The lowest BCUT2D eigenvalue weighted by atomic mass is 9.90. The van der Waals surface area contributed by atoms with Gasteiger partial charge in [-0.25, -0.2) is 4.79 Å². The molecule has 3 aliphatic rings. The van der Waals surface area contributed by atoms with Crippen molar-refractivity contribution in [3.63, 3.8) is 0 Å². The zero-order valence-corrected chi connectivity index (χ0v) is 13.3. The third-order valence-electron chi connectivity index (χ3n) is 5.37. The van der Waals surface area contributed by atoms with Gasteiger partial charge in [0, 0.05) is 19.1 Å². The van der Waals surface area contributed by atoms with Crippen LogP contribution in [0.4, 0.5) is 0 Å². The number of esters is 1. The summed E-state index contributed by atoms with van der Waals surface area (Å²) in [6, 6.07) is 0.486. The highest BCUT2D eigenvalue weighted by Gasteiger charge is 2.53. The first kappa shape index (κ1) is 15.3. The van der Waals surface area contributed by atoms with Crippen molar-refractivity contribution in [2.75, 3.05) is 33.4 Å². The molecule has 5 nitrogen and oxygen atoms in total. The van der Waals surface area contributed by atoms with E-state index in [-0.39, 0.29) is 5.97 Å². The van der Waals surface area contributed by atoms with E-state index in [1.807, 2.05) is 0 Å². The van der Waals surface area contributed by atoms with Gasteiger partial charge >= 0.3 is 5.97 Å². The molecule has 1 aliphatic heterocycles. The average molecular weight is 296 g/mol. The van der Waals surface area contributed by atoms with Crippen molar-refractivity contribution >= 4 is 5.97 Å². The molecule has 1 saturated heterocycles. The zero-order chi connectivity index (χ0) is 14.9. The highest BCUT2D eigenvalue weighted by atomic mass is 16.5. The summed E-state index contributed by atoms with van der Waals surface area (Å²) in [5.74, 6) is 0.334. The smallest absolute Gasteiger partial charge is 0.327 e. The van der Waals surface area contributed by atoms with E-state index in [1.54, 1.807) is 0 Å². The van der Waals surface area contributed by atoms with E-state index in [0.717, 1.165) is 45.5 Å². The normalized spacial score (nSPS) is 32.5. The van der Waals surface area contributed by atoms with Crippen molar-refractivity contribution in [3.8, 4) is 0 Å². The molecule has 0 aromatic carbocycles. The van der Waals surface area contributed by atoms with Gasteiger partial charge in [-0.3, -0.25) is 4.90 Å². The molecule has 0 amide bonds. The number of methoxy groups -OCH3 is 1. The summed E-state index contributed by atoms with van der Waals surface area (Å²) in [6.07, 6.45) is 6.22. The van der Waals surface area contributed by atoms with Gasteiger partial charge in [0.05, 0.1) is 19.8 Å². The van der Waals surface area contributed by atoms with Crippen molar-refractivity contribution in [1.29, 1.82) is 0 Å². The number of ether oxygens (including phenoxy) is 2. The zero-order valence-electron chi connectivity index (χ0n) is 13.3. The number of likely N-dealkylation sites (N-methyl/N-ethyl adjacent to an activating group) is 1. The summed E-state index contributed by atoms with van der Waals surface area (Å²) in [4.78, 5) is 15.0. The maximum absolute atomic E-state index is 12.5. The Labute approximate surface area is 127 Å². The number of fused-ring (bicyclic) bond motifs is 1. The third-order valence-corrected chi connectivity index (χ3v) is 5.37. The van der Waals surface area contributed by atoms with E-state index >= 15 is 0 Å². The molecule has 3 rings (SSSR count). The van der Waals surface area contributed by atoms with Crippen LogP contribution in [0.5, 0.6) is 0 Å². The molecule has 2 aliphatic carbocycles. The Balaban J connectivity index is 1.78. The van der Waals surface area contributed by atoms with E-state index in [4.69, 9.17) is 9.47 Å². The van der Waals surface area contributed by atoms with Gasteiger partial charge in [0.1, 0.15) is 5.54 Å². The van der Waals surface area contributed by atoms with E-state index in [9.17, 15) is 4.79 Å². The monoisotopic (exact) mass is 296 g/mol. The predicted molar refractivity (Wildman–Crippen MR) is 80.1 cm³/mol. The average Bonchev–Trinajstić information content (AvgIpc) is 3.24. The van der Waals surface area contributed by atoms with Gasteiger partial charge in [0.25, 0.3) is 0 Å². The summed E-state index contributed by atoms with van der Waals surface area (Å²) in [6.45, 7) is 5.34. The van der Waals surface area contributed by atoms with Crippen LogP contribution in [0.1, 0.15) is 39.0 Å². The van der Waals surface area contributed by atoms with Gasteiger partial charge in [-0.2, -0.15) is 0 Å². The van der Waals surface area contributed by atoms with Gasteiger partial charge in [-0.15, -0.1) is 0 Å². The molecule has 3 atom stereocenters. The number of carbonyl (C=O) groups is 1. The lowest BCUT2D eigenvalue weighted by molar-refractivity contribution is -0.153. The number of nitrogens with one attached hydrogen (secondary N) is 1. The molecule has 0 bridgehead atoms. The maximum Gasteiger partial charge on any atom is 0.327 e. The van der Waals surface area contributed by atoms with Crippen molar-refractivity contribution in [2.24, 2.45) is 5.92 Å². The molecule has 3 fully saturated rings. The minimum Gasteiger partial charge on any atom is -0.468 e. The van der Waals surface area contributed by atoms with Crippen LogP contribution in [0, 0.1) is 5.92 Å². The fourth-order valence-electron chi connectivity index (χ4n) is 4.23. The van der Waals surface area contributed by atoms with Crippen LogP contribution in [0.25, 0.3) is 0 Å². The second-order valence-electron chi connectivity index (χ2n) is 6.65. The van der Waals surface area contributed by atoms with Crippen molar-refractivity contribution in [2.45, 2.75) is 56.7 Å². The number of rotatable bonds is 6. The number of morpholine rings is 1. The van der Waals surface area contributed by atoms with Gasteiger partial charge in [0.2, 0.25) is 0 Å². The Kier molecular flexibility index (Phi) is 4.52. The minimum atomic E-state index is -0.520. The van der Waals surface area contributed by atoms with Crippen LogP contribution in [0.3, 0.4) is 0 Å². The second-order valence-corrected chi connectivity index (χ2v) is 6.65. The first-order chi connectivity index (χ1) is 10.2. The molecule has 3 unspecified atom stereocenters. The SMILES string of the molecule is CCNC(CN1CCOC2CCCC21)(C(=O)OC)C1CC1. The Morgan fingerprint density at radius 3 is 2.86 bits per heavy atom. The van der Waals surface area contributed by atoms with Gasteiger partial charge in [0.15, 0.2) is 0 Å².